The highest BCUT2D eigenvalue weighted by molar-refractivity contribution is 5.96. The molecule has 2 aromatic carbocycles. The number of nitrogens with zero attached hydrogens (tertiary/aromatic N) is 1. The van der Waals surface area contributed by atoms with E-state index in [-0.39, 0.29) is 27.5 Å². The highest BCUT2D eigenvalue weighted by Gasteiger charge is 2.23. The maximum absolute atomic E-state index is 12.7. The molecule has 0 radical (unpaired) electrons. The van der Waals surface area contributed by atoms with Crippen LogP contribution in [0.2, 0.25) is 0 Å². The van der Waals surface area contributed by atoms with Crippen molar-refractivity contribution in [1.82, 2.24) is 4.98 Å². The first-order chi connectivity index (χ1) is 13.0. The maximum Gasteiger partial charge on any atom is 0.338 e. The number of hydrogen-bond acceptors (Lipinski definition) is 5. The molecule has 1 aliphatic heterocycles. The van der Waals surface area contributed by atoms with Crippen molar-refractivity contribution in [3.63, 3.8) is 0 Å². The molecule has 27 heavy (non-hydrogen) atoms. The van der Waals surface area contributed by atoms with E-state index in [4.69, 9.17) is 9.68 Å². The molecule has 2 aliphatic rings. The Bertz CT molecular complexity index is 1440. The second-order valence-corrected chi connectivity index (χ2v) is 5.83. The number of carboxylic acid groups (broad SMARTS) is 1. The average Bonchev–Trinajstić information content (AvgIpc) is 2.69. The first kappa shape index (κ1) is 16.3. The lowest BCUT2D eigenvalue weighted by molar-refractivity contribution is 0.0695. The van der Waals surface area contributed by atoms with E-state index in [1.807, 2.05) is 6.07 Å². The van der Waals surface area contributed by atoms with Crippen LogP contribution in [-0.4, -0.2) is 16.1 Å². The number of fused-ring (bicyclic) bond motifs is 1. The lowest BCUT2D eigenvalue weighted by Gasteiger charge is -2.08. The predicted octanol–water partition coefficient (Wildman–Crippen LogP) is 2.44. The van der Waals surface area contributed by atoms with Gasteiger partial charge in [-0.05, 0) is 29.8 Å². The number of carbonyl (C=O) groups is 1. The highest BCUT2D eigenvalue weighted by Crippen LogP contribution is 2.22. The van der Waals surface area contributed by atoms with Gasteiger partial charge in [-0.25, -0.2) is 4.79 Å². The Hall–Kier alpha value is -4.18. The van der Waals surface area contributed by atoms with E-state index in [1.165, 1.54) is 24.3 Å². The molecule has 2 aromatic rings. The zero-order valence-corrected chi connectivity index (χ0v) is 13.6. The van der Waals surface area contributed by atoms with Crippen LogP contribution in [0.4, 0.5) is 0 Å². The second-order valence-electron chi connectivity index (χ2n) is 5.83. The number of carboxylic acids is 1. The van der Waals surface area contributed by atoms with Crippen LogP contribution in [0.5, 0.6) is 0 Å². The van der Waals surface area contributed by atoms with E-state index < -0.39 is 16.8 Å². The number of aromatic nitrogens is 1. The summed E-state index contributed by atoms with van der Waals surface area (Å²) in [5.41, 5.74) is -1.46. The molecular weight excluding hydrogens is 348 g/mol. The Kier molecular flexibility index (Phi) is 3.60. The summed E-state index contributed by atoms with van der Waals surface area (Å²) in [7, 11) is 0. The summed E-state index contributed by atoms with van der Waals surface area (Å²) in [6.45, 7) is 0. The van der Waals surface area contributed by atoms with Crippen LogP contribution in [0.25, 0.3) is 22.2 Å². The van der Waals surface area contributed by atoms with Gasteiger partial charge in [-0.1, -0.05) is 24.3 Å². The Morgan fingerprint density at radius 2 is 1.74 bits per heavy atom. The van der Waals surface area contributed by atoms with Crippen LogP contribution in [0, 0.1) is 22.1 Å². The zero-order chi connectivity index (χ0) is 19.1. The van der Waals surface area contributed by atoms with Crippen molar-refractivity contribution in [2.24, 2.45) is 0 Å². The number of aromatic carboxylic acids is 1. The van der Waals surface area contributed by atoms with Crippen LogP contribution in [-0.2, 0) is 0 Å². The third-order valence-electron chi connectivity index (χ3n) is 4.24. The number of rotatable bonds is 2. The van der Waals surface area contributed by atoms with Gasteiger partial charge in [0.05, 0.1) is 28.3 Å². The topological polar surface area (TPSA) is 124 Å². The van der Waals surface area contributed by atoms with Gasteiger partial charge in [0.25, 0.3) is 5.43 Å². The molecule has 0 fully saturated rings. The Morgan fingerprint density at radius 1 is 1.04 bits per heavy atom. The summed E-state index contributed by atoms with van der Waals surface area (Å²) in [6.07, 6.45) is 0. The summed E-state index contributed by atoms with van der Waals surface area (Å²) in [4.78, 5) is 40.1. The van der Waals surface area contributed by atoms with Crippen molar-refractivity contribution in [3.8, 4) is 17.2 Å². The fraction of sp³-hybridized carbons (Fsp3) is 0. The van der Waals surface area contributed by atoms with Gasteiger partial charge in [-0.2, -0.15) is 5.26 Å². The second kappa shape index (κ2) is 5.97. The van der Waals surface area contributed by atoms with Crippen molar-refractivity contribution in [3.05, 3.63) is 90.9 Å². The molecule has 0 saturated carbocycles. The number of nitrogens with one attached hydrogen (secondary N) is 1. The van der Waals surface area contributed by atoms with Gasteiger partial charge in [-0.15, -0.1) is 0 Å². The zero-order valence-electron chi connectivity index (χ0n) is 13.6. The summed E-state index contributed by atoms with van der Waals surface area (Å²) in [5, 5.41) is 18.6. The highest BCUT2D eigenvalue weighted by atomic mass is 16.4. The average molecular weight is 358 g/mol. The summed E-state index contributed by atoms with van der Waals surface area (Å²) >= 11 is 0. The van der Waals surface area contributed by atoms with Crippen LogP contribution < -0.4 is 10.9 Å². The first-order valence-electron chi connectivity index (χ1n) is 7.87. The minimum absolute atomic E-state index is 0.0647. The van der Waals surface area contributed by atoms with E-state index in [9.17, 15) is 19.5 Å². The SMILES string of the molecule is N#Cc1ccc(-c2c(C(=O)O)c3[nH]c4ccccc4oc=3c(=O)c2=O)cc1. The quantitative estimate of drug-likeness (QED) is 0.530. The van der Waals surface area contributed by atoms with Gasteiger partial charge in [0.15, 0.2) is 5.58 Å². The Morgan fingerprint density at radius 3 is 2.41 bits per heavy atom. The third-order valence-corrected chi connectivity index (χ3v) is 4.24. The molecule has 0 unspecified atom stereocenters. The van der Waals surface area contributed by atoms with Crippen molar-refractivity contribution in [1.29, 1.82) is 5.26 Å². The molecule has 7 nitrogen and oxygen atoms in total. The number of aromatic amines is 1. The monoisotopic (exact) mass is 358 g/mol. The van der Waals surface area contributed by atoms with Crippen molar-refractivity contribution in [2.75, 3.05) is 0 Å². The van der Waals surface area contributed by atoms with Gasteiger partial charge in [0.1, 0.15) is 5.35 Å². The van der Waals surface area contributed by atoms with E-state index in [0.717, 1.165) is 0 Å². The molecule has 0 saturated heterocycles. The van der Waals surface area contributed by atoms with Gasteiger partial charge < -0.3 is 14.5 Å². The molecule has 1 heterocycles. The van der Waals surface area contributed by atoms with Crippen molar-refractivity contribution in [2.45, 2.75) is 0 Å². The molecule has 2 N–H and O–H groups in total. The minimum Gasteiger partial charge on any atom is -0.478 e. The molecule has 0 aromatic heterocycles. The Balaban J connectivity index is 2.23. The molecular formula is C20H10N2O5. The maximum atomic E-state index is 12.7. The number of benzene rings is 2. The summed E-state index contributed by atoms with van der Waals surface area (Å²) < 4.78 is 5.53. The number of hydrogen-bond donors (Lipinski definition) is 2. The fourth-order valence-electron chi connectivity index (χ4n) is 3.00. The lowest BCUT2D eigenvalue weighted by Crippen LogP contribution is -2.30. The normalized spacial score (nSPS) is 10.8. The summed E-state index contributed by atoms with van der Waals surface area (Å²) in [5.74, 6) is -1.38. The van der Waals surface area contributed by atoms with Crippen LogP contribution in [0.15, 0.2) is 62.5 Å². The van der Waals surface area contributed by atoms with Crippen LogP contribution in [0.3, 0.4) is 0 Å². The number of para-hydroxylation sites is 2. The van der Waals surface area contributed by atoms with Gasteiger partial charge in [0.2, 0.25) is 10.8 Å². The predicted molar refractivity (Wildman–Crippen MR) is 95.5 cm³/mol. The van der Waals surface area contributed by atoms with Gasteiger partial charge >= 0.3 is 5.97 Å². The standard InChI is InChI=1S/C20H10N2O5/c21-9-10-5-7-11(8-6-10)14-15(20(25)26)16-19(18(24)17(14)23)27-13-4-2-1-3-12(13)22-16/h1-8,22H,(H,25,26). The van der Waals surface area contributed by atoms with Crippen LogP contribution >= 0.6 is 0 Å². The molecule has 1 aliphatic carbocycles. The lowest BCUT2D eigenvalue weighted by atomic mass is 9.97. The molecule has 0 bridgehead atoms. The molecule has 7 heteroatoms. The third kappa shape index (κ3) is 2.48. The van der Waals surface area contributed by atoms with Crippen molar-refractivity contribution >= 4 is 17.1 Å². The van der Waals surface area contributed by atoms with E-state index in [0.29, 0.717) is 16.7 Å². The molecule has 0 amide bonds. The molecule has 0 atom stereocenters. The fourth-order valence-corrected chi connectivity index (χ4v) is 3.00. The van der Waals surface area contributed by atoms with E-state index >= 15 is 0 Å². The van der Waals surface area contributed by atoms with Gasteiger partial charge in [-0.3, -0.25) is 9.59 Å². The summed E-state index contributed by atoms with van der Waals surface area (Å²) in [6, 6.07) is 14.4. The molecule has 4 rings (SSSR count). The van der Waals surface area contributed by atoms with Crippen LogP contribution in [0.1, 0.15) is 15.9 Å². The molecule has 0 spiro atoms. The van der Waals surface area contributed by atoms with Crippen molar-refractivity contribution < 1.29 is 14.3 Å². The van der Waals surface area contributed by atoms with E-state index in [2.05, 4.69) is 4.98 Å². The minimum atomic E-state index is -1.38. The van der Waals surface area contributed by atoms with Gasteiger partial charge in [0, 0.05) is 0 Å². The molecule has 130 valence electrons. The number of H-pyrrole nitrogens is 1. The first-order valence-corrected chi connectivity index (χ1v) is 7.87. The largest absolute Gasteiger partial charge is 0.478 e. The smallest absolute Gasteiger partial charge is 0.338 e. The number of nitriles is 1. The van der Waals surface area contributed by atoms with E-state index in [1.54, 1.807) is 24.3 Å². The Labute approximate surface area is 150 Å².